The van der Waals surface area contributed by atoms with Crippen LogP contribution >= 0.6 is 0 Å². The minimum absolute atomic E-state index is 0.0197. The molecule has 0 aliphatic carbocycles. The van der Waals surface area contributed by atoms with E-state index in [1.165, 1.54) is 7.05 Å². The molecule has 0 aliphatic heterocycles. The molecule has 1 rings (SSSR count). The number of nitrogens with one attached hydrogen (secondary N) is 1. The van der Waals surface area contributed by atoms with E-state index in [1.807, 2.05) is 13.8 Å². The van der Waals surface area contributed by atoms with Crippen LogP contribution in [-0.4, -0.2) is 23.1 Å². The monoisotopic (exact) mass is 212 g/mol. The minimum atomic E-state index is -0.374. The number of nitrogens with two attached hydrogens (primary N) is 1. The first-order chi connectivity index (χ1) is 7.10. The molecule has 6 nitrogen and oxygen atoms in total. The van der Waals surface area contributed by atoms with Crippen molar-refractivity contribution in [3.05, 3.63) is 11.7 Å². The van der Waals surface area contributed by atoms with Crippen LogP contribution in [0.3, 0.4) is 0 Å². The third-order valence-electron chi connectivity index (χ3n) is 2.41. The second kappa shape index (κ2) is 4.88. The summed E-state index contributed by atoms with van der Waals surface area (Å²) in [6.07, 6.45) is 0.916. The van der Waals surface area contributed by atoms with Crippen LogP contribution in [0.1, 0.15) is 42.8 Å². The molecule has 0 spiro atoms. The lowest BCUT2D eigenvalue weighted by Crippen LogP contribution is -2.21. The van der Waals surface area contributed by atoms with E-state index in [0.717, 1.165) is 6.42 Å². The number of rotatable bonds is 4. The Morgan fingerprint density at radius 1 is 1.67 bits per heavy atom. The average molecular weight is 212 g/mol. The Morgan fingerprint density at radius 3 is 2.87 bits per heavy atom. The van der Waals surface area contributed by atoms with E-state index in [9.17, 15) is 4.79 Å². The first-order valence-electron chi connectivity index (χ1n) is 4.91. The summed E-state index contributed by atoms with van der Waals surface area (Å²) in [6.45, 7) is 4.02. The maximum atomic E-state index is 11.2. The highest BCUT2D eigenvalue weighted by atomic mass is 16.5. The van der Waals surface area contributed by atoms with E-state index in [1.54, 1.807) is 0 Å². The van der Waals surface area contributed by atoms with Gasteiger partial charge in [-0.1, -0.05) is 25.4 Å². The molecule has 15 heavy (non-hydrogen) atoms. The van der Waals surface area contributed by atoms with Crippen LogP contribution in [0.5, 0.6) is 0 Å². The van der Waals surface area contributed by atoms with Gasteiger partial charge in [0.2, 0.25) is 5.89 Å². The molecular weight excluding hydrogens is 196 g/mol. The molecule has 0 radical (unpaired) electrons. The first-order valence-corrected chi connectivity index (χ1v) is 4.91. The molecule has 0 saturated heterocycles. The molecule has 3 N–H and O–H groups in total. The maximum absolute atomic E-state index is 11.2. The molecule has 1 amide bonds. The van der Waals surface area contributed by atoms with Crippen LogP contribution in [0.4, 0.5) is 0 Å². The summed E-state index contributed by atoms with van der Waals surface area (Å²) in [5.41, 5.74) is 5.88. The third-order valence-corrected chi connectivity index (χ3v) is 2.41. The zero-order chi connectivity index (χ0) is 11.4. The first kappa shape index (κ1) is 11.6. The van der Waals surface area contributed by atoms with Crippen LogP contribution in [0.2, 0.25) is 0 Å². The van der Waals surface area contributed by atoms with Gasteiger partial charge in [-0.15, -0.1) is 0 Å². The largest absolute Gasteiger partial charge is 0.352 e. The van der Waals surface area contributed by atoms with E-state index in [4.69, 9.17) is 10.3 Å². The summed E-state index contributed by atoms with van der Waals surface area (Å²) < 4.78 is 4.93. The molecular formula is C9H16N4O2. The van der Waals surface area contributed by atoms with Gasteiger partial charge in [-0.2, -0.15) is 4.98 Å². The van der Waals surface area contributed by atoms with E-state index >= 15 is 0 Å². The van der Waals surface area contributed by atoms with Crippen molar-refractivity contribution in [3.63, 3.8) is 0 Å². The lowest BCUT2D eigenvalue weighted by molar-refractivity contribution is 0.0950. The van der Waals surface area contributed by atoms with E-state index in [-0.39, 0.29) is 23.7 Å². The molecule has 0 fully saturated rings. The topological polar surface area (TPSA) is 94.0 Å². The highest BCUT2D eigenvalue weighted by Crippen LogP contribution is 2.19. The molecule has 0 aliphatic rings. The van der Waals surface area contributed by atoms with E-state index in [0.29, 0.717) is 5.89 Å². The normalized spacial score (nSPS) is 14.7. The van der Waals surface area contributed by atoms with Crippen molar-refractivity contribution >= 4 is 5.91 Å². The second-order valence-corrected chi connectivity index (χ2v) is 3.45. The summed E-state index contributed by atoms with van der Waals surface area (Å²) >= 11 is 0. The molecule has 2 atom stereocenters. The van der Waals surface area contributed by atoms with Crippen molar-refractivity contribution in [1.82, 2.24) is 15.5 Å². The van der Waals surface area contributed by atoms with Crippen molar-refractivity contribution in [2.75, 3.05) is 7.05 Å². The summed E-state index contributed by atoms with van der Waals surface area (Å²) in [4.78, 5) is 15.1. The predicted molar refractivity (Wildman–Crippen MR) is 54.1 cm³/mol. The smallest absolute Gasteiger partial charge is 0.292 e. The van der Waals surface area contributed by atoms with Gasteiger partial charge in [0.05, 0.1) is 6.04 Å². The zero-order valence-electron chi connectivity index (χ0n) is 9.15. The van der Waals surface area contributed by atoms with Crippen LogP contribution in [0.25, 0.3) is 0 Å². The zero-order valence-corrected chi connectivity index (χ0v) is 9.15. The van der Waals surface area contributed by atoms with Gasteiger partial charge in [0.1, 0.15) is 0 Å². The third kappa shape index (κ3) is 2.53. The Hall–Kier alpha value is -1.43. The van der Waals surface area contributed by atoms with Crippen molar-refractivity contribution < 1.29 is 9.32 Å². The number of nitrogens with zero attached hydrogens (tertiary/aromatic N) is 2. The SMILES string of the molecule is CCC(C)[C@H](N)c1nc(C(=O)NC)no1. The fourth-order valence-corrected chi connectivity index (χ4v) is 1.07. The Kier molecular flexibility index (Phi) is 3.79. The van der Waals surface area contributed by atoms with Crippen LogP contribution in [-0.2, 0) is 0 Å². The quantitative estimate of drug-likeness (QED) is 0.756. The molecule has 0 aromatic carbocycles. The molecule has 84 valence electrons. The Balaban J connectivity index is 2.79. The lowest BCUT2D eigenvalue weighted by atomic mass is 10.0. The number of carbonyl (C=O) groups excluding carboxylic acids is 1. The van der Waals surface area contributed by atoms with Crippen molar-refractivity contribution in [2.24, 2.45) is 11.7 Å². The van der Waals surface area contributed by atoms with Gasteiger partial charge >= 0.3 is 0 Å². The van der Waals surface area contributed by atoms with Gasteiger partial charge in [0, 0.05) is 7.05 Å². The fourth-order valence-electron chi connectivity index (χ4n) is 1.07. The van der Waals surface area contributed by atoms with Gasteiger partial charge in [-0.3, -0.25) is 4.79 Å². The van der Waals surface area contributed by atoms with E-state index < -0.39 is 0 Å². The molecule has 0 saturated carbocycles. The lowest BCUT2D eigenvalue weighted by Gasteiger charge is -2.12. The summed E-state index contributed by atoms with van der Waals surface area (Å²) in [5.74, 6) is 0.193. The predicted octanol–water partition coefficient (Wildman–Crippen LogP) is 0.475. The molecule has 1 aromatic heterocycles. The van der Waals surface area contributed by atoms with Crippen LogP contribution < -0.4 is 11.1 Å². The van der Waals surface area contributed by atoms with Gasteiger partial charge in [-0.05, 0) is 5.92 Å². The van der Waals surface area contributed by atoms with Crippen molar-refractivity contribution in [1.29, 1.82) is 0 Å². The minimum Gasteiger partial charge on any atom is -0.352 e. The Morgan fingerprint density at radius 2 is 2.33 bits per heavy atom. The average Bonchev–Trinajstić information content (AvgIpc) is 2.75. The summed E-state index contributed by atoms with van der Waals surface area (Å²) in [5, 5.41) is 5.96. The standard InChI is InChI=1S/C9H16N4O2/c1-4-5(2)6(10)9-12-7(13-15-9)8(14)11-3/h5-6H,4,10H2,1-3H3,(H,11,14)/t5?,6-/m0/s1. The number of amides is 1. The maximum Gasteiger partial charge on any atom is 0.292 e. The number of hydrogen-bond donors (Lipinski definition) is 2. The van der Waals surface area contributed by atoms with Gasteiger partial charge < -0.3 is 15.6 Å². The molecule has 1 aromatic rings. The number of carbonyl (C=O) groups is 1. The Bertz CT molecular complexity index is 337. The number of hydrogen-bond acceptors (Lipinski definition) is 5. The van der Waals surface area contributed by atoms with Gasteiger partial charge in [-0.25, -0.2) is 0 Å². The Labute approximate surface area is 88.2 Å². The van der Waals surface area contributed by atoms with Gasteiger partial charge in [0.25, 0.3) is 11.7 Å². The van der Waals surface area contributed by atoms with Gasteiger partial charge in [0.15, 0.2) is 0 Å². The highest BCUT2D eigenvalue weighted by Gasteiger charge is 2.21. The molecule has 6 heteroatoms. The molecule has 1 unspecified atom stereocenters. The summed E-state index contributed by atoms with van der Waals surface area (Å²) in [6, 6.07) is -0.319. The number of aromatic nitrogens is 2. The molecule has 1 heterocycles. The summed E-state index contributed by atoms with van der Waals surface area (Å²) in [7, 11) is 1.51. The van der Waals surface area contributed by atoms with Crippen LogP contribution in [0.15, 0.2) is 4.52 Å². The highest BCUT2D eigenvalue weighted by molar-refractivity contribution is 5.89. The van der Waals surface area contributed by atoms with Crippen LogP contribution in [0, 0.1) is 5.92 Å². The van der Waals surface area contributed by atoms with E-state index in [2.05, 4.69) is 15.5 Å². The second-order valence-electron chi connectivity index (χ2n) is 3.45. The molecule has 0 bridgehead atoms. The van der Waals surface area contributed by atoms with Crippen molar-refractivity contribution in [2.45, 2.75) is 26.3 Å². The fraction of sp³-hybridized carbons (Fsp3) is 0.667. The van der Waals surface area contributed by atoms with Crippen molar-refractivity contribution in [3.8, 4) is 0 Å².